The van der Waals surface area contributed by atoms with Crippen LogP contribution in [-0.2, 0) is 12.0 Å². The molecule has 3 saturated carbocycles. The first kappa shape index (κ1) is 24.7. The van der Waals surface area contributed by atoms with Crippen LogP contribution in [0.25, 0.3) is 5.69 Å². The normalized spacial score (nSPS) is 24.9. The maximum atomic E-state index is 14.1. The van der Waals surface area contributed by atoms with Crippen LogP contribution >= 0.6 is 0 Å². The number of pyridine rings is 1. The number of aromatic nitrogens is 3. The first-order valence-electron chi connectivity index (χ1n) is 12.5. The van der Waals surface area contributed by atoms with Crippen molar-refractivity contribution in [2.45, 2.75) is 57.3 Å². The Labute approximate surface area is 215 Å². The standard InChI is InChI=1S/C27H26F4N4O3/c1-16-10-33(15-32-16)20-4-5-21-24(37)34(7-8-35(21)23(20)36)17(2)11-38-22-6-3-18(28)9-19(22)25-12-26(13-25,14-25)27(29,30)31/h3-6,9-10,15,17H,7-8,11-14H2,1-2H3/t17-,25?,26?/m0/s1. The molecule has 38 heavy (non-hydrogen) atoms. The Morgan fingerprint density at radius 1 is 1.11 bits per heavy atom. The van der Waals surface area contributed by atoms with E-state index in [1.54, 1.807) is 41.0 Å². The van der Waals surface area contributed by atoms with Gasteiger partial charge >= 0.3 is 6.18 Å². The third-order valence-electron chi connectivity index (χ3n) is 8.35. The van der Waals surface area contributed by atoms with Gasteiger partial charge in [-0.25, -0.2) is 9.37 Å². The number of fused-ring (bicyclic) bond motifs is 1. The van der Waals surface area contributed by atoms with E-state index < -0.39 is 28.9 Å². The number of hydrogen-bond acceptors (Lipinski definition) is 4. The summed E-state index contributed by atoms with van der Waals surface area (Å²) in [4.78, 5) is 32.1. The van der Waals surface area contributed by atoms with Crippen LogP contribution in [0.4, 0.5) is 17.6 Å². The minimum atomic E-state index is -4.26. The Morgan fingerprint density at radius 2 is 1.84 bits per heavy atom. The van der Waals surface area contributed by atoms with Crippen molar-refractivity contribution in [3.8, 4) is 11.4 Å². The number of carbonyl (C=O) groups is 1. The topological polar surface area (TPSA) is 69.4 Å². The van der Waals surface area contributed by atoms with Gasteiger partial charge in [0.1, 0.15) is 29.6 Å². The summed E-state index contributed by atoms with van der Waals surface area (Å²) in [5, 5.41) is 0. The quantitative estimate of drug-likeness (QED) is 0.444. The molecule has 4 aliphatic rings. The molecule has 11 heteroatoms. The molecule has 3 aliphatic carbocycles. The van der Waals surface area contributed by atoms with Gasteiger partial charge in [0.2, 0.25) is 0 Å². The molecule has 7 nitrogen and oxygen atoms in total. The summed E-state index contributed by atoms with van der Waals surface area (Å²) in [7, 11) is 0. The van der Waals surface area contributed by atoms with Crippen LogP contribution in [0.2, 0.25) is 0 Å². The van der Waals surface area contributed by atoms with Gasteiger partial charge < -0.3 is 18.8 Å². The number of alkyl halides is 3. The van der Waals surface area contributed by atoms with Gasteiger partial charge in [-0.15, -0.1) is 0 Å². The van der Waals surface area contributed by atoms with E-state index in [0.29, 0.717) is 23.5 Å². The van der Waals surface area contributed by atoms with Crippen LogP contribution in [0.1, 0.15) is 47.9 Å². The summed E-state index contributed by atoms with van der Waals surface area (Å²) < 4.78 is 63.2. The number of carbonyl (C=O) groups excluding carboxylic acids is 1. The van der Waals surface area contributed by atoms with Gasteiger partial charge in [-0.2, -0.15) is 13.2 Å². The van der Waals surface area contributed by atoms with E-state index in [1.165, 1.54) is 22.8 Å². The Morgan fingerprint density at radius 3 is 2.50 bits per heavy atom. The summed E-state index contributed by atoms with van der Waals surface area (Å²) in [5.41, 5.74) is -0.780. The van der Waals surface area contributed by atoms with Crippen molar-refractivity contribution in [3.63, 3.8) is 0 Å². The van der Waals surface area contributed by atoms with E-state index in [4.69, 9.17) is 4.74 Å². The first-order chi connectivity index (χ1) is 17.9. The summed E-state index contributed by atoms with van der Waals surface area (Å²) in [6, 6.07) is 6.76. The molecule has 1 aromatic carbocycles. The van der Waals surface area contributed by atoms with Crippen molar-refractivity contribution in [1.82, 2.24) is 19.0 Å². The molecule has 0 saturated heterocycles. The van der Waals surface area contributed by atoms with Crippen LogP contribution in [0.3, 0.4) is 0 Å². The molecule has 0 spiro atoms. The lowest BCUT2D eigenvalue weighted by atomic mass is 9.33. The Hall–Kier alpha value is -3.63. The molecule has 7 rings (SSSR count). The van der Waals surface area contributed by atoms with E-state index >= 15 is 0 Å². The maximum Gasteiger partial charge on any atom is 0.394 e. The molecular weight excluding hydrogens is 504 g/mol. The average Bonchev–Trinajstić information content (AvgIpc) is 3.22. The van der Waals surface area contributed by atoms with Crippen molar-refractivity contribution in [2.24, 2.45) is 5.41 Å². The predicted octanol–water partition coefficient (Wildman–Crippen LogP) is 4.39. The fourth-order valence-corrected chi connectivity index (χ4v) is 6.32. The monoisotopic (exact) mass is 530 g/mol. The third kappa shape index (κ3) is 3.58. The molecule has 1 amide bonds. The fraction of sp³-hybridized carbons (Fsp3) is 0.444. The number of imidazole rings is 1. The zero-order valence-corrected chi connectivity index (χ0v) is 20.9. The second-order valence-electron chi connectivity index (χ2n) is 10.9. The molecule has 1 atom stereocenters. The zero-order chi connectivity index (χ0) is 27.0. The summed E-state index contributed by atoms with van der Waals surface area (Å²) >= 11 is 0. The molecule has 2 aromatic heterocycles. The number of rotatable bonds is 6. The van der Waals surface area contributed by atoms with Gasteiger partial charge in [0.25, 0.3) is 11.5 Å². The molecule has 3 heterocycles. The molecule has 0 unspecified atom stereocenters. The third-order valence-corrected chi connectivity index (χ3v) is 8.35. The number of ether oxygens (including phenoxy) is 1. The molecule has 1 aliphatic heterocycles. The summed E-state index contributed by atoms with van der Waals surface area (Å²) in [6.07, 6.45) is -1.15. The Bertz CT molecular complexity index is 1490. The van der Waals surface area contributed by atoms with Crippen LogP contribution in [0.15, 0.2) is 47.7 Å². The van der Waals surface area contributed by atoms with Crippen LogP contribution in [0, 0.1) is 18.2 Å². The lowest BCUT2D eigenvalue weighted by Gasteiger charge is -2.70. The summed E-state index contributed by atoms with van der Waals surface area (Å²) in [5.74, 6) is -0.497. The smallest absolute Gasteiger partial charge is 0.394 e. The number of aryl methyl sites for hydroxylation is 1. The average molecular weight is 531 g/mol. The number of hydrogen-bond donors (Lipinski definition) is 0. The van der Waals surface area contributed by atoms with E-state index in [9.17, 15) is 27.2 Å². The van der Waals surface area contributed by atoms with Gasteiger partial charge in [0, 0.05) is 30.3 Å². The molecular formula is C27H26F4N4O3. The van der Waals surface area contributed by atoms with E-state index in [1.807, 2.05) is 6.92 Å². The maximum absolute atomic E-state index is 14.1. The fourth-order valence-electron chi connectivity index (χ4n) is 6.32. The minimum Gasteiger partial charge on any atom is -0.491 e. The summed E-state index contributed by atoms with van der Waals surface area (Å²) in [6.45, 7) is 4.28. The number of benzene rings is 1. The highest BCUT2D eigenvalue weighted by Gasteiger charge is 2.79. The molecule has 0 radical (unpaired) electrons. The van der Waals surface area contributed by atoms with Crippen LogP contribution in [-0.4, -0.2) is 50.3 Å². The van der Waals surface area contributed by atoms with Crippen LogP contribution in [0.5, 0.6) is 5.75 Å². The van der Waals surface area contributed by atoms with Gasteiger partial charge in [-0.05, 0) is 63.4 Å². The van der Waals surface area contributed by atoms with Crippen molar-refractivity contribution in [1.29, 1.82) is 0 Å². The zero-order valence-electron chi connectivity index (χ0n) is 20.9. The predicted molar refractivity (Wildman–Crippen MR) is 129 cm³/mol. The van der Waals surface area contributed by atoms with E-state index in [-0.39, 0.29) is 49.6 Å². The number of amides is 1. The van der Waals surface area contributed by atoms with Crippen LogP contribution < -0.4 is 10.3 Å². The molecule has 200 valence electrons. The minimum absolute atomic E-state index is 0.0599. The second-order valence-corrected chi connectivity index (χ2v) is 10.9. The largest absolute Gasteiger partial charge is 0.491 e. The number of nitrogens with zero attached hydrogens (tertiary/aromatic N) is 4. The SMILES string of the molecule is Cc1cn(-c2ccc3n(c2=O)CCN([C@@H](C)COc2ccc(F)cc2C24CC(C(F)(F)F)(C2)C4)C3=O)cn1. The van der Waals surface area contributed by atoms with E-state index in [0.717, 1.165) is 5.69 Å². The highest BCUT2D eigenvalue weighted by atomic mass is 19.4. The molecule has 3 fully saturated rings. The van der Waals surface area contributed by atoms with Crippen molar-refractivity contribution in [3.05, 3.63) is 76.0 Å². The highest BCUT2D eigenvalue weighted by molar-refractivity contribution is 5.93. The first-order valence-corrected chi connectivity index (χ1v) is 12.5. The van der Waals surface area contributed by atoms with Gasteiger partial charge in [0.05, 0.1) is 23.5 Å². The molecule has 3 aromatic rings. The van der Waals surface area contributed by atoms with Gasteiger partial charge in [0.15, 0.2) is 0 Å². The second kappa shape index (κ2) is 8.18. The Kier molecular flexibility index (Phi) is 5.32. The van der Waals surface area contributed by atoms with E-state index in [2.05, 4.69) is 4.98 Å². The molecule has 0 N–H and O–H groups in total. The van der Waals surface area contributed by atoms with Gasteiger partial charge in [-0.3, -0.25) is 9.59 Å². The number of halogens is 4. The molecule has 2 bridgehead atoms. The van der Waals surface area contributed by atoms with Crippen molar-refractivity contribution < 1.29 is 27.1 Å². The lowest BCUT2D eigenvalue weighted by molar-refractivity contribution is -0.337. The highest BCUT2D eigenvalue weighted by Crippen LogP contribution is 2.79. The van der Waals surface area contributed by atoms with Crippen molar-refractivity contribution in [2.75, 3.05) is 13.2 Å². The van der Waals surface area contributed by atoms with Gasteiger partial charge in [-0.1, -0.05) is 0 Å². The Balaban J connectivity index is 1.17. The van der Waals surface area contributed by atoms with Crippen molar-refractivity contribution >= 4 is 5.91 Å². The lowest BCUT2D eigenvalue weighted by Crippen LogP contribution is -2.70.